The zero-order chi connectivity index (χ0) is 18.3. The van der Waals surface area contributed by atoms with Gasteiger partial charge >= 0.3 is 0 Å². The Balaban J connectivity index is 1.79. The molecule has 1 aromatic rings. The molecule has 1 heterocycles. The molecule has 1 amide bonds. The zero-order valence-electron chi connectivity index (χ0n) is 15.1. The van der Waals surface area contributed by atoms with Gasteiger partial charge in [0.25, 0.3) is 0 Å². The predicted molar refractivity (Wildman–Crippen MR) is 98.7 cm³/mol. The third-order valence-corrected chi connectivity index (χ3v) is 6.22. The average Bonchev–Trinajstić information content (AvgIpc) is 2.62. The van der Waals surface area contributed by atoms with Crippen molar-refractivity contribution in [3.63, 3.8) is 0 Å². The van der Waals surface area contributed by atoms with Crippen LogP contribution in [0, 0.1) is 0 Å². The minimum atomic E-state index is -3.47. The topological polar surface area (TPSA) is 78.5 Å². The van der Waals surface area contributed by atoms with E-state index in [0.29, 0.717) is 24.3 Å². The molecule has 1 aromatic carbocycles. The molecule has 1 aliphatic rings. The summed E-state index contributed by atoms with van der Waals surface area (Å²) in [6.07, 6.45) is 3.30. The monoisotopic (exact) mass is 367 g/mol. The molecule has 0 spiro atoms. The Morgan fingerprint density at radius 3 is 2.32 bits per heavy atom. The quantitative estimate of drug-likeness (QED) is 0.733. The van der Waals surface area contributed by atoms with E-state index in [-0.39, 0.29) is 18.0 Å². The summed E-state index contributed by atoms with van der Waals surface area (Å²) in [5.74, 6) is 0.0528. The number of likely N-dealkylation sites (tertiary alicyclic amines) is 1. The molecule has 1 fully saturated rings. The molecular formula is C18H29N3O3S. The van der Waals surface area contributed by atoms with Crippen LogP contribution in [0.3, 0.4) is 0 Å². The summed E-state index contributed by atoms with van der Waals surface area (Å²) in [7, 11) is -3.47. The lowest BCUT2D eigenvalue weighted by molar-refractivity contribution is -0.123. The number of sulfonamides is 1. The standard InChI is InChI=1S/C18H29N3O3S/c1-3-15(4-2)19-18(22)14-21-12-10-16(11-13-21)20-25(23,24)17-8-6-5-7-9-17/h5-9,15-16,20H,3-4,10-14H2,1-2H3,(H,19,22). The molecule has 7 heteroatoms. The van der Waals surface area contributed by atoms with Crippen LogP contribution in [-0.2, 0) is 14.8 Å². The van der Waals surface area contributed by atoms with Crippen molar-refractivity contribution in [2.75, 3.05) is 19.6 Å². The first-order valence-corrected chi connectivity index (χ1v) is 10.5. The van der Waals surface area contributed by atoms with E-state index in [9.17, 15) is 13.2 Å². The van der Waals surface area contributed by atoms with E-state index in [1.165, 1.54) is 0 Å². The van der Waals surface area contributed by atoms with Crippen molar-refractivity contribution in [3.8, 4) is 0 Å². The fraction of sp³-hybridized carbons (Fsp3) is 0.611. The van der Waals surface area contributed by atoms with Crippen LogP contribution in [0.4, 0.5) is 0 Å². The lowest BCUT2D eigenvalue weighted by Gasteiger charge is -2.32. The fourth-order valence-corrected chi connectivity index (χ4v) is 4.39. The van der Waals surface area contributed by atoms with Crippen LogP contribution in [0.15, 0.2) is 35.2 Å². The van der Waals surface area contributed by atoms with Gasteiger partial charge in [0.05, 0.1) is 11.4 Å². The lowest BCUT2D eigenvalue weighted by atomic mass is 10.1. The van der Waals surface area contributed by atoms with E-state index in [1.807, 2.05) is 0 Å². The van der Waals surface area contributed by atoms with E-state index in [4.69, 9.17) is 0 Å². The Morgan fingerprint density at radius 2 is 1.76 bits per heavy atom. The van der Waals surface area contributed by atoms with Crippen LogP contribution >= 0.6 is 0 Å². The maximum absolute atomic E-state index is 12.4. The first-order chi connectivity index (χ1) is 11.9. The van der Waals surface area contributed by atoms with Gasteiger partial charge in [-0.2, -0.15) is 0 Å². The van der Waals surface area contributed by atoms with Crippen LogP contribution in [0.2, 0.25) is 0 Å². The van der Waals surface area contributed by atoms with Gasteiger partial charge in [0.15, 0.2) is 0 Å². The Morgan fingerprint density at radius 1 is 1.16 bits per heavy atom. The lowest BCUT2D eigenvalue weighted by Crippen LogP contribution is -2.48. The highest BCUT2D eigenvalue weighted by Crippen LogP contribution is 2.14. The highest BCUT2D eigenvalue weighted by Gasteiger charge is 2.25. The average molecular weight is 368 g/mol. The number of carbonyl (C=O) groups excluding carboxylic acids is 1. The smallest absolute Gasteiger partial charge is 0.240 e. The van der Waals surface area contributed by atoms with E-state index < -0.39 is 10.0 Å². The minimum Gasteiger partial charge on any atom is -0.352 e. The van der Waals surface area contributed by atoms with Gasteiger partial charge in [-0.1, -0.05) is 32.0 Å². The summed E-state index contributed by atoms with van der Waals surface area (Å²) in [5, 5.41) is 3.04. The molecule has 0 aliphatic carbocycles. The summed E-state index contributed by atoms with van der Waals surface area (Å²) in [6.45, 7) is 5.96. The Hall–Kier alpha value is -1.44. The second kappa shape index (κ2) is 9.31. The van der Waals surface area contributed by atoms with Crippen molar-refractivity contribution in [2.45, 2.75) is 56.5 Å². The number of hydrogen-bond acceptors (Lipinski definition) is 4. The predicted octanol–water partition coefficient (Wildman–Crippen LogP) is 1.73. The first kappa shape index (κ1) is 19.9. The fourth-order valence-electron chi connectivity index (χ4n) is 3.07. The summed E-state index contributed by atoms with van der Waals surface area (Å²) in [4.78, 5) is 14.5. The largest absolute Gasteiger partial charge is 0.352 e. The summed E-state index contributed by atoms with van der Waals surface area (Å²) in [5.41, 5.74) is 0. The molecule has 0 unspecified atom stereocenters. The van der Waals surface area contributed by atoms with Crippen molar-refractivity contribution in [2.24, 2.45) is 0 Å². The number of carbonyl (C=O) groups is 1. The van der Waals surface area contributed by atoms with Gasteiger partial charge in [-0.05, 0) is 37.8 Å². The van der Waals surface area contributed by atoms with E-state index in [0.717, 1.165) is 25.9 Å². The maximum Gasteiger partial charge on any atom is 0.240 e. The zero-order valence-corrected chi connectivity index (χ0v) is 15.9. The number of amides is 1. The third kappa shape index (κ3) is 6.09. The molecule has 1 aliphatic heterocycles. The van der Waals surface area contributed by atoms with Gasteiger partial charge in [0.1, 0.15) is 0 Å². The van der Waals surface area contributed by atoms with Crippen molar-refractivity contribution in [3.05, 3.63) is 30.3 Å². The molecule has 0 bridgehead atoms. The second-order valence-electron chi connectivity index (χ2n) is 6.57. The first-order valence-electron chi connectivity index (χ1n) is 9.03. The van der Waals surface area contributed by atoms with Gasteiger partial charge in [-0.25, -0.2) is 13.1 Å². The van der Waals surface area contributed by atoms with Crippen LogP contribution < -0.4 is 10.0 Å². The van der Waals surface area contributed by atoms with E-state index in [2.05, 4.69) is 28.8 Å². The van der Waals surface area contributed by atoms with Gasteiger partial charge in [0.2, 0.25) is 15.9 Å². The molecule has 0 saturated carbocycles. The number of benzene rings is 1. The van der Waals surface area contributed by atoms with Gasteiger partial charge in [0, 0.05) is 25.2 Å². The number of nitrogens with zero attached hydrogens (tertiary/aromatic N) is 1. The Labute approximate surface area is 151 Å². The molecule has 140 valence electrons. The van der Waals surface area contributed by atoms with Crippen LogP contribution in [0.1, 0.15) is 39.5 Å². The van der Waals surface area contributed by atoms with Gasteiger partial charge < -0.3 is 5.32 Å². The van der Waals surface area contributed by atoms with Gasteiger partial charge in [-0.15, -0.1) is 0 Å². The van der Waals surface area contributed by atoms with Crippen molar-refractivity contribution < 1.29 is 13.2 Å². The number of rotatable bonds is 8. The molecular weight excluding hydrogens is 338 g/mol. The summed E-state index contributed by atoms with van der Waals surface area (Å²) in [6, 6.07) is 8.58. The summed E-state index contributed by atoms with van der Waals surface area (Å²) >= 11 is 0. The molecule has 6 nitrogen and oxygen atoms in total. The van der Waals surface area contributed by atoms with Crippen LogP contribution in [0.5, 0.6) is 0 Å². The van der Waals surface area contributed by atoms with E-state index in [1.54, 1.807) is 30.3 Å². The van der Waals surface area contributed by atoms with E-state index >= 15 is 0 Å². The molecule has 0 aromatic heterocycles. The van der Waals surface area contributed by atoms with Gasteiger partial charge in [-0.3, -0.25) is 9.69 Å². The minimum absolute atomic E-state index is 0.0528. The second-order valence-corrected chi connectivity index (χ2v) is 8.28. The highest BCUT2D eigenvalue weighted by molar-refractivity contribution is 7.89. The number of nitrogens with one attached hydrogen (secondary N) is 2. The van der Waals surface area contributed by atoms with Crippen molar-refractivity contribution in [1.82, 2.24) is 14.9 Å². The normalized spacial score (nSPS) is 16.9. The van der Waals surface area contributed by atoms with Crippen LogP contribution in [-0.4, -0.2) is 50.9 Å². The molecule has 2 rings (SSSR count). The Bertz CT molecular complexity index is 637. The molecule has 25 heavy (non-hydrogen) atoms. The number of piperidine rings is 1. The molecule has 1 saturated heterocycles. The molecule has 2 N–H and O–H groups in total. The van der Waals surface area contributed by atoms with Crippen molar-refractivity contribution in [1.29, 1.82) is 0 Å². The number of hydrogen-bond donors (Lipinski definition) is 2. The molecule has 0 radical (unpaired) electrons. The maximum atomic E-state index is 12.4. The SMILES string of the molecule is CCC(CC)NC(=O)CN1CCC(NS(=O)(=O)c2ccccc2)CC1. The molecule has 0 atom stereocenters. The summed E-state index contributed by atoms with van der Waals surface area (Å²) < 4.78 is 27.5. The highest BCUT2D eigenvalue weighted by atomic mass is 32.2. The van der Waals surface area contributed by atoms with Crippen molar-refractivity contribution >= 4 is 15.9 Å². The third-order valence-electron chi connectivity index (χ3n) is 4.68. The Kier molecular flexibility index (Phi) is 7.40. The van der Waals surface area contributed by atoms with Crippen LogP contribution in [0.25, 0.3) is 0 Å².